The molecule has 0 aromatic carbocycles. The van der Waals surface area contributed by atoms with E-state index in [-0.39, 0.29) is 0 Å². The fourth-order valence-corrected chi connectivity index (χ4v) is 3.26. The molecular weight excluding hydrogens is 264 g/mol. The summed E-state index contributed by atoms with van der Waals surface area (Å²) in [6.45, 7) is 4.62. The van der Waals surface area contributed by atoms with Crippen molar-refractivity contribution in [3.8, 4) is 0 Å². The number of imidazole rings is 1. The van der Waals surface area contributed by atoms with Gasteiger partial charge in [0.15, 0.2) is 5.65 Å². The van der Waals surface area contributed by atoms with Crippen molar-refractivity contribution < 1.29 is 0 Å². The summed E-state index contributed by atoms with van der Waals surface area (Å²) in [6.07, 6.45) is 4.53. The van der Waals surface area contributed by atoms with Gasteiger partial charge in [0.05, 0.1) is 10.2 Å². The van der Waals surface area contributed by atoms with Gasteiger partial charge in [0.25, 0.3) is 0 Å². The molecule has 0 amide bonds. The highest BCUT2D eigenvalue weighted by Gasteiger charge is 2.26. The average Bonchev–Trinajstić information content (AvgIpc) is 2.59. The lowest BCUT2D eigenvalue weighted by Gasteiger charge is -2.23. The van der Waals surface area contributed by atoms with Gasteiger partial charge in [-0.05, 0) is 46.8 Å². The van der Waals surface area contributed by atoms with Gasteiger partial charge in [-0.15, -0.1) is 0 Å². The zero-order valence-electron chi connectivity index (χ0n) is 9.57. The number of hydrogen-bond acceptors (Lipinski definition) is 1. The van der Waals surface area contributed by atoms with E-state index in [0.29, 0.717) is 5.92 Å². The zero-order valence-corrected chi connectivity index (χ0v) is 11.2. The molecule has 0 N–H and O–H groups in total. The standard InChI is InChI=1S/C13H15BrN2/c1-8-6-9(2)12-11(7-8)16-5-3-4-10(14)13(16)15-12/h3-5,8-9H,6-7H2,1-2H3. The van der Waals surface area contributed by atoms with Crippen molar-refractivity contribution in [3.63, 3.8) is 0 Å². The van der Waals surface area contributed by atoms with Crippen LogP contribution in [-0.4, -0.2) is 9.38 Å². The van der Waals surface area contributed by atoms with E-state index in [2.05, 4.69) is 52.5 Å². The maximum absolute atomic E-state index is 4.78. The summed E-state index contributed by atoms with van der Waals surface area (Å²) in [7, 11) is 0. The molecule has 0 spiro atoms. The van der Waals surface area contributed by atoms with Crippen LogP contribution in [0.1, 0.15) is 37.6 Å². The van der Waals surface area contributed by atoms with Crippen molar-refractivity contribution >= 4 is 21.6 Å². The van der Waals surface area contributed by atoms with Crippen LogP contribution in [-0.2, 0) is 6.42 Å². The molecule has 16 heavy (non-hydrogen) atoms. The van der Waals surface area contributed by atoms with Crippen LogP contribution in [0, 0.1) is 5.92 Å². The lowest BCUT2D eigenvalue weighted by atomic mass is 9.84. The zero-order chi connectivity index (χ0) is 11.3. The third-order valence-corrected chi connectivity index (χ3v) is 4.12. The van der Waals surface area contributed by atoms with E-state index in [4.69, 9.17) is 4.98 Å². The lowest BCUT2D eigenvalue weighted by molar-refractivity contribution is 0.438. The number of rotatable bonds is 0. The molecule has 2 unspecified atom stereocenters. The molecule has 0 bridgehead atoms. The lowest BCUT2D eigenvalue weighted by Crippen LogP contribution is -2.15. The Labute approximate surface area is 104 Å². The summed E-state index contributed by atoms with van der Waals surface area (Å²) >= 11 is 3.57. The Morgan fingerprint density at radius 3 is 3.06 bits per heavy atom. The smallest absolute Gasteiger partial charge is 0.151 e. The SMILES string of the molecule is CC1Cc2c(nc3c(Br)cccn23)C(C)C1. The van der Waals surface area contributed by atoms with E-state index in [1.807, 2.05) is 0 Å². The molecule has 84 valence electrons. The predicted molar refractivity (Wildman–Crippen MR) is 68.8 cm³/mol. The number of hydrogen-bond donors (Lipinski definition) is 0. The number of pyridine rings is 1. The van der Waals surface area contributed by atoms with Crippen LogP contribution in [0.4, 0.5) is 0 Å². The van der Waals surface area contributed by atoms with E-state index in [1.165, 1.54) is 17.8 Å². The van der Waals surface area contributed by atoms with Crippen LogP contribution in [0.3, 0.4) is 0 Å². The van der Waals surface area contributed by atoms with Gasteiger partial charge in [-0.25, -0.2) is 4.98 Å². The van der Waals surface area contributed by atoms with Crippen molar-refractivity contribution in [2.75, 3.05) is 0 Å². The molecule has 1 aliphatic carbocycles. The van der Waals surface area contributed by atoms with Crippen LogP contribution in [0.5, 0.6) is 0 Å². The molecule has 0 radical (unpaired) electrons. The van der Waals surface area contributed by atoms with Crippen molar-refractivity contribution in [1.29, 1.82) is 0 Å². The van der Waals surface area contributed by atoms with Crippen LogP contribution < -0.4 is 0 Å². The molecule has 0 saturated carbocycles. The molecular formula is C13H15BrN2. The summed E-state index contributed by atoms with van der Waals surface area (Å²) in [6, 6.07) is 4.13. The summed E-state index contributed by atoms with van der Waals surface area (Å²) in [5, 5.41) is 0. The number of halogens is 1. The normalized spacial score (nSPS) is 24.7. The summed E-state index contributed by atoms with van der Waals surface area (Å²) in [5.41, 5.74) is 3.76. The summed E-state index contributed by atoms with van der Waals surface area (Å²) in [5.74, 6) is 1.35. The Kier molecular flexibility index (Phi) is 2.32. The second-order valence-electron chi connectivity index (χ2n) is 4.94. The minimum Gasteiger partial charge on any atom is -0.303 e. The first-order valence-electron chi connectivity index (χ1n) is 5.82. The van der Waals surface area contributed by atoms with E-state index in [0.717, 1.165) is 22.5 Å². The summed E-state index contributed by atoms with van der Waals surface area (Å²) < 4.78 is 3.33. The first kappa shape index (κ1) is 10.3. The summed E-state index contributed by atoms with van der Waals surface area (Å²) in [4.78, 5) is 4.78. The molecule has 0 fully saturated rings. The Hall–Kier alpha value is -0.830. The maximum atomic E-state index is 4.78. The third-order valence-electron chi connectivity index (χ3n) is 3.50. The van der Waals surface area contributed by atoms with Crippen molar-refractivity contribution in [1.82, 2.24) is 9.38 Å². The number of aromatic nitrogens is 2. The Morgan fingerprint density at radius 1 is 1.44 bits per heavy atom. The van der Waals surface area contributed by atoms with Gasteiger partial charge in [-0.1, -0.05) is 13.8 Å². The topological polar surface area (TPSA) is 17.3 Å². The Balaban J connectivity index is 2.30. The predicted octanol–water partition coefficient (Wildman–Crippen LogP) is 3.78. The van der Waals surface area contributed by atoms with Gasteiger partial charge < -0.3 is 4.40 Å². The first-order chi connectivity index (χ1) is 7.66. The second kappa shape index (κ2) is 3.59. The van der Waals surface area contributed by atoms with Crippen LogP contribution in [0.25, 0.3) is 5.65 Å². The van der Waals surface area contributed by atoms with E-state index in [9.17, 15) is 0 Å². The van der Waals surface area contributed by atoms with Gasteiger partial charge in [-0.3, -0.25) is 0 Å². The quantitative estimate of drug-likeness (QED) is 0.717. The van der Waals surface area contributed by atoms with Crippen molar-refractivity contribution in [2.24, 2.45) is 5.92 Å². The van der Waals surface area contributed by atoms with Gasteiger partial charge >= 0.3 is 0 Å². The van der Waals surface area contributed by atoms with E-state index >= 15 is 0 Å². The number of nitrogens with zero attached hydrogens (tertiary/aromatic N) is 2. The molecule has 1 aliphatic rings. The Bertz CT molecular complexity index is 544. The van der Waals surface area contributed by atoms with Crippen LogP contribution in [0.2, 0.25) is 0 Å². The largest absolute Gasteiger partial charge is 0.303 e. The van der Waals surface area contributed by atoms with Crippen LogP contribution in [0.15, 0.2) is 22.8 Å². The Morgan fingerprint density at radius 2 is 2.25 bits per heavy atom. The minimum absolute atomic E-state index is 0.588. The molecule has 3 rings (SSSR count). The molecule has 3 heteroatoms. The fourth-order valence-electron chi connectivity index (χ4n) is 2.83. The fraction of sp³-hybridized carbons (Fsp3) is 0.462. The van der Waals surface area contributed by atoms with Gasteiger partial charge in [0.2, 0.25) is 0 Å². The minimum atomic E-state index is 0.588. The maximum Gasteiger partial charge on any atom is 0.151 e. The van der Waals surface area contributed by atoms with Crippen LogP contribution >= 0.6 is 15.9 Å². The third kappa shape index (κ3) is 1.41. The highest BCUT2D eigenvalue weighted by atomic mass is 79.9. The first-order valence-corrected chi connectivity index (χ1v) is 6.61. The second-order valence-corrected chi connectivity index (χ2v) is 5.79. The van der Waals surface area contributed by atoms with E-state index in [1.54, 1.807) is 0 Å². The molecule has 2 atom stereocenters. The number of fused-ring (bicyclic) bond motifs is 3. The average molecular weight is 279 g/mol. The molecule has 0 aliphatic heterocycles. The molecule has 2 heterocycles. The highest BCUT2D eigenvalue weighted by molar-refractivity contribution is 9.10. The molecule has 2 nitrogen and oxygen atoms in total. The van der Waals surface area contributed by atoms with Gasteiger partial charge in [0, 0.05) is 17.8 Å². The van der Waals surface area contributed by atoms with Crippen molar-refractivity contribution in [3.05, 3.63) is 34.2 Å². The monoisotopic (exact) mass is 278 g/mol. The van der Waals surface area contributed by atoms with Gasteiger partial charge in [-0.2, -0.15) is 0 Å². The van der Waals surface area contributed by atoms with Gasteiger partial charge in [0.1, 0.15) is 0 Å². The molecule has 0 saturated heterocycles. The van der Waals surface area contributed by atoms with Crippen molar-refractivity contribution in [2.45, 2.75) is 32.6 Å². The highest BCUT2D eigenvalue weighted by Crippen LogP contribution is 2.35. The van der Waals surface area contributed by atoms with E-state index < -0.39 is 0 Å². The molecule has 2 aromatic rings. The molecule has 2 aromatic heterocycles.